The fourth-order valence-electron chi connectivity index (χ4n) is 2.33. The lowest BCUT2D eigenvalue weighted by Gasteiger charge is -2.11. The predicted octanol–water partition coefficient (Wildman–Crippen LogP) is 3.06. The number of carbonyl (C=O) groups excluding carboxylic acids is 4. The predicted molar refractivity (Wildman–Crippen MR) is 99.4 cm³/mol. The van der Waals surface area contributed by atoms with Gasteiger partial charge in [-0.05, 0) is 37.3 Å². The van der Waals surface area contributed by atoms with Crippen LogP contribution in [0.2, 0.25) is 0 Å². The summed E-state index contributed by atoms with van der Waals surface area (Å²) in [6, 6.07) is 11.1. The third-order valence-electron chi connectivity index (χ3n) is 3.36. The molecule has 0 radical (unpaired) electrons. The largest absolute Gasteiger partial charge is 0.326 e. The van der Waals surface area contributed by atoms with Crippen molar-refractivity contribution in [3.05, 3.63) is 53.6 Å². The lowest BCUT2D eigenvalue weighted by atomic mass is 10.1. The molecular weight excluding hydrogens is 334 g/mol. The van der Waals surface area contributed by atoms with E-state index in [1.54, 1.807) is 30.3 Å². The maximum Gasteiger partial charge on any atom is 0.255 e. The first-order valence-electron chi connectivity index (χ1n) is 7.87. The van der Waals surface area contributed by atoms with E-state index in [4.69, 9.17) is 0 Å². The number of hydrogen-bond donors (Lipinski definition) is 3. The summed E-state index contributed by atoms with van der Waals surface area (Å²) >= 11 is 0. The van der Waals surface area contributed by atoms with E-state index in [2.05, 4.69) is 16.0 Å². The average Bonchev–Trinajstić information content (AvgIpc) is 2.53. The molecule has 0 aliphatic carbocycles. The van der Waals surface area contributed by atoms with Crippen LogP contribution >= 0.6 is 0 Å². The van der Waals surface area contributed by atoms with Crippen molar-refractivity contribution in [3.63, 3.8) is 0 Å². The molecular formula is C19H19N3O4. The highest BCUT2D eigenvalue weighted by molar-refractivity contribution is 6.07. The molecule has 2 rings (SSSR count). The van der Waals surface area contributed by atoms with Crippen molar-refractivity contribution >= 4 is 40.6 Å². The summed E-state index contributed by atoms with van der Waals surface area (Å²) in [5.74, 6) is -1.15. The van der Waals surface area contributed by atoms with E-state index in [1.165, 1.54) is 32.9 Å². The molecule has 0 saturated carbocycles. The second kappa shape index (κ2) is 8.06. The third kappa shape index (κ3) is 5.27. The minimum atomic E-state index is -0.440. The Kier molecular flexibility index (Phi) is 5.85. The Morgan fingerprint density at radius 2 is 1.19 bits per heavy atom. The van der Waals surface area contributed by atoms with Gasteiger partial charge in [0.1, 0.15) is 0 Å². The van der Waals surface area contributed by atoms with Crippen molar-refractivity contribution in [1.82, 2.24) is 0 Å². The number of amides is 3. The van der Waals surface area contributed by atoms with Crippen molar-refractivity contribution < 1.29 is 19.2 Å². The second-order valence-electron chi connectivity index (χ2n) is 5.75. The van der Waals surface area contributed by atoms with Gasteiger partial charge in [0.25, 0.3) is 5.91 Å². The number of hydrogen-bond acceptors (Lipinski definition) is 4. The van der Waals surface area contributed by atoms with Crippen molar-refractivity contribution in [1.29, 1.82) is 0 Å². The third-order valence-corrected chi connectivity index (χ3v) is 3.36. The minimum Gasteiger partial charge on any atom is -0.326 e. The lowest BCUT2D eigenvalue weighted by Crippen LogP contribution is -2.15. The Labute approximate surface area is 150 Å². The standard InChI is InChI=1S/C19H19N3O4/c1-11(23)14-5-4-6-16(7-14)22-19(26)15-8-17(20-12(2)24)10-18(9-15)21-13(3)25/h4-10H,1-3H3,(H,20,24)(H,21,25)(H,22,26). The van der Waals surface area contributed by atoms with Crippen LogP contribution in [0.25, 0.3) is 0 Å². The molecule has 0 heterocycles. The molecule has 7 heteroatoms. The van der Waals surface area contributed by atoms with Crippen LogP contribution in [0.5, 0.6) is 0 Å². The Bertz CT molecular complexity index is 856. The second-order valence-corrected chi connectivity index (χ2v) is 5.75. The first-order chi connectivity index (χ1) is 12.2. The summed E-state index contributed by atoms with van der Waals surface area (Å²) in [6.07, 6.45) is 0. The molecule has 0 unspecified atom stereocenters. The molecule has 134 valence electrons. The van der Waals surface area contributed by atoms with Crippen molar-refractivity contribution in [2.24, 2.45) is 0 Å². The van der Waals surface area contributed by atoms with E-state index in [0.29, 0.717) is 22.6 Å². The first-order valence-corrected chi connectivity index (χ1v) is 7.87. The number of carbonyl (C=O) groups is 4. The molecule has 0 fully saturated rings. The Morgan fingerprint density at radius 1 is 0.654 bits per heavy atom. The van der Waals surface area contributed by atoms with Gasteiger partial charge in [0.2, 0.25) is 11.8 Å². The first kappa shape index (κ1) is 18.9. The summed E-state index contributed by atoms with van der Waals surface area (Å²) in [5.41, 5.74) is 1.95. The van der Waals surface area contributed by atoms with Crippen LogP contribution in [0.3, 0.4) is 0 Å². The zero-order valence-electron chi connectivity index (χ0n) is 14.7. The fourth-order valence-corrected chi connectivity index (χ4v) is 2.33. The number of benzene rings is 2. The van der Waals surface area contributed by atoms with Gasteiger partial charge in [-0.15, -0.1) is 0 Å². The van der Waals surface area contributed by atoms with Crippen LogP contribution in [0.1, 0.15) is 41.5 Å². The van der Waals surface area contributed by atoms with E-state index in [1.807, 2.05) is 0 Å². The average molecular weight is 353 g/mol. The molecule has 0 spiro atoms. The van der Waals surface area contributed by atoms with Gasteiger partial charge in [0.05, 0.1) is 0 Å². The zero-order chi connectivity index (χ0) is 19.3. The van der Waals surface area contributed by atoms with Gasteiger partial charge in [-0.25, -0.2) is 0 Å². The van der Waals surface area contributed by atoms with E-state index in [-0.39, 0.29) is 23.2 Å². The van der Waals surface area contributed by atoms with Crippen LogP contribution in [-0.2, 0) is 9.59 Å². The minimum absolute atomic E-state index is 0.110. The Balaban J connectivity index is 2.31. The molecule has 3 amide bonds. The van der Waals surface area contributed by atoms with Gasteiger partial charge >= 0.3 is 0 Å². The quantitative estimate of drug-likeness (QED) is 0.719. The van der Waals surface area contributed by atoms with Crippen LogP contribution in [0.4, 0.5) is 17.1 Å². The van der Waals surface area contributed by atoms with Gasteiger partial charge < -0.3 is 16.0 Å². The van der Waals surface area contributed by atoms with Crippen LogP contribution in [0, 0.1) is 0 Å². The molecule has 0 aliphatic heterocycles. The van der Waals surface area contributed by atoms with Gasteiger partial charge in [0.15, 0.2) is 5.78 Å². The van der Waals surface area contributed by atoms with E-state index < -0.39 is 5.91 Å². The highest BCUT2D eigenvalue weighted by Gasteiger charge is 2.12. The monoisotopic (exact) mass is 353 g/mol. The number of Topliss-reactive ketones (excluding diaryl/α,β-unsaturated/α-hetero) is 1. The van der Waals surface area contributed by atoms with Gasteiger partial charge in [-0.2, -0.15) is 0 Å². The summed E-state index contributed by atoms with van der Waals surface area (Å²) in [5, 5.41) is 7.87. The summed E-state index contributed by atoms with van der Waals surface area (Å²) in [7, 11) is 0. The summed E-state index contributed by atoms with van der Waals surface area (Å²) in [6.45, 7) is 4.13. The van der Waals surface area contributed by atoms with Crippen LogP contribution in [0.15, 0.2) is 42.5 Å². The maximum atomic E-state index is 12.5. The smallest absolute Gasteiger partial charge is 0.255 e. The molecule has 7 nitrogen and oxygen atoms in total. The molecule has 0 bridgehead atoms. The van der Waals surface area contributed by atoms with Crippen LogP contribution < -0.4 is 16.0 Å². The maximum absolute atomic E-state index is 12.5. The Morgan fingerprint density at radius 3 is 1.69 bits per heavy atom. The number of rotatable bonds is 5. The topological polar surface area (TPSA) is 104 Å². The number of anilines is 3. The molecule has 0 aromatic heterocycles. The molecule has 2 aromatic carbocycles. The highest BCUT2D eigenvalue weighted by atomic mass is 16.2. The van der Waals surface area contributed by atoms with Crippen molar-refractivity contribution in [2.75, 3.05) is 16.0 Å². The SMILES string of the molecule is CC(=O)Nc1cc(NC(C)=O)cc(C(=O)Nc2cccc(C(C)=O)c2)c1. The van der Waals surface area contributed by atoms with Crippen LogP contribution in [-0.4, -0.2) is 23.5 Å². The number of nitrogens with one attached hydrogen (secondary N) is 3. The van der Waals surface area contributed by atoms with E-state index in [9.17, 15) is 19.2 Å². The van der Waals surface area contributed by atoms with Crippen molar-refractivity contribution in [2.45, 2.75) is 20.8 Å². The van der Waals surface area contributed by atoms with E-state index in [0.717, 1.165) is 0 Å². The summed E-state index contributed by atoms with van der Waals surface area (Å²) < 4.78 is 0. The van der Waals surface area contributed by atoms with Crippen molar-refractivity contribution in [3.8, 4) is 0 Å². The fraction of sp³-hybridized carbons (Fsp3) is 0.158. The zero-order valence-corrected chi connectivity index (χ0v) is 14.7. The number of ketones is 1. The molecule has 0 saturated heterocycles. The van der Waals surface area contributed by atoms with E-state index >= 15 is 0 Å². The summed E-state index contributed by atoms with van der Waals surface area (Å²) in [4.78, 5) is 46.6. The lowest BCUT2D eigenvalue weighted by molar-refractivity contribution is -0.115. The molecule has 2 aromatic rings. The van der Waals surface area contributed by atoms with Gasteiger partial charge in [0, 0.05) is 42.0 Å². The molecule has 0 aliphatic rings. The Hall–Kier alpha value is -3.48. The molecule has 0 atom stereocenters. The molecule has 26 heavy (non-hydrogen) atoms. The van der Waals surface area contributed by atoms with Gasteiger partial charge in [-0.1, -0.05) is 12.1 Å². The normalized spacial score (nSPS) is 9.96. The highest BCUT2D eigenvalue weighted by Crippen LogP contribution is 2.21. The molecule has 3 N–H and O–H groups in total. The van der Waals surface area contributed by atoms with Gasteiger partial charge in [-0.3, -0.25) is 19.2 Å².